The van der Waals surface area contributed by atoms with Crippen LogP contribution in [0.1, 0.15) is 69.4 Å². The van der Waals surface area contributed by atoms with E-state index in [-0.39, 0.29) is 5.56 Å². The first kappa shape index (κ1) is 24.3. The summed E-state index contributed by atoms with van der Waals surface area (Å²) in [6.07, 6.45) is 12.8. The van der Waals surface area contributed by atoms with E-state index < -0.39 is 5.97 Å². The Balaban J connectivity index is 1.71. The molecule has 1 heterocycles. The fourth-order valence-corrected chi connectivity index (χ4v) is 2.95. The number of rotatable bonds is 12. The zero-order valence-corrected chi connectivity index (χ0v) is 19.0. The number of hydrogen-bond acceptors (Lipinski definition) is 4. The number of benzene rings is 1. The van der Waals surface area contributed by atoms with Crippen molar-refractivity contribution in [2.75, 3.05) is 6.61 Å². The molecule has 0 aliphatic heterocycles. The lowest BCUT2D eigenvalue weighted by molar-refractivity contribution is 0.0697. The van der Waals surface area contributed by atoms with Crippen LogP contribution < -0.4 is 0 Å². The molecule has 2 rings (SSSR count). The van der Waals surface area contributed by atoms with Gasteiger partial charge >= 0.3 is 5.97 Å². The van der Waals surface area contributed by atoms with Gasteiger partial charge in [-0.1, -0.05) is 40.2 Å². The quantitative estimate of drug-likeness (QED) is 0.340. The fraction of sp³-hybridized carbons (Fsp3) is 0.400. The molecule has 0 saturated heterocycles. The Kier molecular flexibility index (Phi) is 9.91. The van der Waals surface area contributed by atoms with Crippen LogP contribution in [0, 0.1) is 0 Å². The van der Waals surface area contributed by atoms with Crippen molar-refractivity contribution in [1.82, 2.24) is 15.0 Å². The highest BCUT2D eigenvalue weighted by Crippen LogP contribution is 2.12. The summed E-state index contributed by atoms with van der Waals surface area (Å²) >= 11 is 0. The van der Waals surface area contributed by atoms with E-state index in [9.17, 15) is 4.79 Å². The number of aromatic carboxylic acids is 1. The molecule has 0 fully saturated rings. The minimum Gasteiger partial charge on any atom is -0.478 e. The molecule has 0 radical (unpaired) electrons. The summed E-state index contributed by atoms with van der Waals surface area (Å²) in [6.45, 7) is 9.52. The molecule has 1 aromatic carbocycles. The molecule has 6 heteroatoms. The summed E-state index contributed by atoms with van der Waals surface area (Å²) in [6, 6.07) is 6.49. The van der Waals surface area contributed by atoms with Crippen LogP contribution in [0.15, 0.2) is 65.4 Å². The summed E-state index contributed by atoms with van der Waals surface area (Å²) in [5, 5.41) is 17.2. The molecule has 1 aromatic heterocycles. The monoisotopic (exact) mass is 423 g/mol. The lowest BCUT2D eigenvalue weighted by atomic mass is 10.1. The Morgan fingerprint density at radius 3 is 2.29 bits per heavy atom. The first-order valence-electron chi connectivity index (χ1n) is 10.6. The maximum absolute atomic E-state index is 10.9. The van der Waals surface area contributed by atoms with Gasteiger partial charge in [-0.3, -0.25) is 0 Å². The number of carbonyl (C=O) groups is 1. The minimum atomic E-state index is -0.951. The molecule has 6 nitrogen and oxygen atoms in total. The molecule has 166 valence electrons. The third-order valence-electron chi connectivity index (χ3n) is 4.84. The van der Waals surface area contributed by atoms with E-state index in [1.54, 1.807) is 35.1 Å². The van der Waals surface area contributed by atoms with Gasteiger partial charge in [-0.05, 0) is 77.6 Å². The molecule has 2 aromatic rings. The van der Waals surface area contributed by atoms with Gasteiger partial charge in [-0.2, -0.15) is 0 Å². The van der Waals surface area contributed by atoms with Crippen LogP contribution in [-0.4, -0.2) is 32.7 Å². The Morgan fingerprint density at radius 2 is 1.65 bits per heavy atom. The van der Waals surface area contributed by atoms with Crippen molar-refractivity contribution in [3.05, 3.63) is 76.7 Å². The molecule has 0 unspecified atom stereocenters. The molecule has 0 saturated carbocycles. The first-order valence-corrected chi connectivity index (χ1v) is 10.6. The Hall–Kier alpha value is -2.99. The van der Waals surface area contributed by atoms with E-state index in [4.69, 9.17) is 9.84 Å². The average Bonchev–Trinajstić information content (AvgIpc) is 3.20. The average molecular weight is 424 g/mol. The third-order valence-corrected chi connectivity index (χ3v) is 4.84. The number of ether oxygens (including phenoxy) is 1. The van der Waals surface area contributed by atoms with Crippen molar-refractivity contribution in [2.24, 2.45) is 0 Å². The lowest BCUT2D eigenvalue weighted by Gasteiger charge is -2.02. The van der Waals surface area contributed by atoms with Gasteiger partial charge in [0, 0.05) is 0 Å². The van der Waals surface area contributed by atoms with Crippen LogP contribution in [0.5, 0.6) is 0 Å². The summed E-state index contributed by atoms with van der Waals surface area (Å²) in [5.74, 6) is -0.951. The molecule has 0 amide bonds. The summed E-state index contributed by atoms with van der Waals surface area (Å²) in [4.78, 5) is 10.9. The minimum absolute atomic E-state index is 0.240. The van der Waals surface area contributed by atoms with E-state index in [0.717, 1.165) is 37.1 Å². The molecule has 1 N–H and O–H groups in total. The van der Waals surface area contributed by atoms with Gasteiger partial charge in [0.15, 0.2) is 0 Å². The van der Waals surface area contributed by atoms with Crippen molar-refractivity contribution in [2.45, 2.75) is 60.0 Å². The molecule has 0 aliphatic carbocycles. The van der Waals surface area contributed by atoms with Gasteiger partial charge in [-0.25, -0.2) is 9.48 Å². The molecule has 0 atom stereocenters. The Morgan fingerprint density at radius 1 is 1.00 bits per heavy atom. The van der Waals surface area contributed by atoms with Gasteiger partial charge in [0.25, 0.3) is 0 Å². The van der Waals surface area contributed by atoms with Crippen molar-refractivity contribution in [3.63, 3.8) is 0 Å². The summed E-state index contributed by atoms with van der Waals surface area (Å²) in [7, 11) is 0. The molecule has 0 spiro atoms. The summed E-state index contributed by atoms with van der Waals surface area (Å²) in [5.41, 5.74) is 5.86. The lowest BCUT2D eigenvalue weighted by Crippen LogP contribution is -1.98. The molecular weight excluding hydrogens is 390 g/mol. The van der Waals surface area contributed by atoms with Gasteiger partial charge in [0.1, 0.15) is 5.69 Å². The second-order valence-corrected chi connectivity index (χ2v) is 7.98. The van der Waals surface area contributed by atoms with Crippen LogP contribution in [0.2, 0.25) is 0 Å². The SMILES string of the molecule is CC(C)=CCC/C(C)=C/CC/C(C)=C/COCc1cn(-c2ccc(C(=O)O)cc2)nn1. The number of allylic oxidation sites excluding steroid dienone is 5. The van der Waals surface area contributed by atoms with Crippen molar-refractivity contribution < 1.29 is 14.6 Å². The number of carboxylic acid groups (broad SMARTS) is 1. The van der Waals surface area contributed by atoms with Crippen LogP contribution in [0.3, 0.4) is 0 Å². The van der Waals surface area contributed by atoms with E-state index in [1.165, 1.54) is 16.7 Å². The molecular formula is C25H33N3O3. The standard InChI is InChI=1S/C25H33N3O3/c1-19(2)7-5-8-20(3)9-6-10-21(4)15-16-31-18-23-17-28(27-26-23)24-13-11-22(12-14-24)25(29)30/h7,9,11-15,17H,5-6,8,10,16,18H2,1-4H3,(H,29,30)/b20-9+,21-15+. The van der Waals surface area contributed by atoms with Gasteiger partial charge in [0.2, 0.25) is 0 Å². The van der Waals surface area contributed by atoms with Crippen LogP contribution >= 0.6 is 0 Å². The zero-order valence-electron chi connectivity index (χ0n) is 19.0. The second kappa shape index (κ2) is 12.6. The van der Waals surface area contributed by atoms with Crippen LogP contribution in [-0.2, 0) is 11.3 Å². The summed E-state index contributed by atoms with van der Waals surface area (Å²) < 4.78 is 7.31. The van der Waals surface area contributed by atoms with Gasteiger partial charge in [-0.15, -0.1) is 5.10 Å². The van der Waals surface area contributed by atoms with Gasteiger partial charge < -0.3 is 9.84 Å². The highest BCUT2D eigenvalue weighted by Gasteiger charge is 2.05. The highest BCUT2D eigenvalue weighted by molar-refractivity contribution is 5.87. The number of carboxylic acids is 1. The van der Waals surface area contributed by atoms with Gasteiger partial charge in [0.05, 0.1) is 30.7 Å². The zero-order chi connectivity index (χ0) is 22.6. The first-order chi connectivity index (χ1) is 14.8. The van der Waals surface area contributed by atoms with Crippen molar-refractivity contribution in [1.29, 1.82) is 0 Å². The van der Waals surface area contributed by atoms with Crippen LogP contribution in [0.4, 0.5) is 0 Å². The Labute approximate surface area is 184 Å². The van der Waals surface area contributed by atoms with E-state index in [2.05, 4.69) is 56.2 Å². The molecule has 0 bridgehead atoms. The maximum Gasteiger partial charge on any atom is 0.335 e. The largest absolute Gasteiger partial charge is 0.478 e. The van der Waals surface area contributed by atoms with E-state index in [0.29, 0.717) is 13.2 Å². The second-order valence-electron chi connectivity index (χ2n) is 7.98. The third kappa shape index (κ3) is 9.13. The van der Waals surface area contributed by atoms with E-state index in [1.807, 2.05) is 0 Å². The predicted molar refractivity (Wildman–Crippen MR) is 123 cm³/mol. The molecule has 0 aliphatic rings. The van der Waals surface area contributed by atoms with E-state index >= 15 is 0 Å². The Bertz CT molecular complexity index is 933. The van der Waals surface area contributed by atoms with Crippen molar-refractivity contribution in [3.8, 4) is 5.69 Å². The number of nitrogens with zero attached hydrogens (tertiary/aromatic N) is 3. The number of hydrogen-bond donors (Lipinski definition) is 1. The normalized spacial score (nSPS) is 12.1. The van der Waals surface area contributed by atoms with Crippen LogP contribution in [0.25, 0.3) is 5.69 Å². The topological polar surface area (TPSA) is 77.2 Å². The van der Waals surface area contributed by atoms with Crippen molar-refractivity contribution >= 4 is 5.97 Å². The predicted octanol–water partition coefficient (Wildman–Crippen LogP) is 5.90. The highest BCUT2D eigenvalue weighted by atomic mass is 16.5. The molecule has 31 heavy (non-hydrogen) atoms. The number of aromatic nitrogens is 3. The fourth-order valence-electron chi connectivity index (χ4n) is 2.95. The maximum atomic E-state index is 10.9. The smallest absolute Gasteiger partial charge is 0.335 e.